The maximum Gasteiger partial charge on any atom is 0.393 e. The fourth-order valence-electron chi connectivity index (χ4n) is 4.74. The summed E-state index contributed by atoms with van der Waals surface area (Å²) in [5.74, 6) is -0.142. The highest BCUT2D eigenvalue weighted by Gasteiger charge is 2.39. The van der Waals surface area contributed by atoms with Crippen LogP contribution in [0.2, 0.25) is 0 Å². The first-order valence-electron chi connectivity index (χ1n) is 10.3. The van der Waals surface area contributed by atoms with Crippen LogP contribution >= 0.6 is 11.3 Å². The lowest BCUT2D eigenvalue weighted by Gasteiger charge is -2.35. The van der Waals surface area contributed by atoms with Crippen molar-refractivity contribution >= 4 is 22.4 Å². The summed E-state index contributed by atoms with van der Waals surface area (Å²) >= 11 is 1.68. The van der Waals surface area contributed by atoms with Crippen molar-refractivity contribution in [1.29, 1.82) is 0 Å². The minimum atomic E-state index is -4.25. The average molecular weight is 437 g/mol. The van der Waals surface area contributed by atoms with Gasteiger partial charge in [0.1, 0.15) is 0 Å². The number of piperazine rings is 1. The first kappa shape index (κ1) is 19.8. The van der Waals surface area contributed by atoms with Gasteiger partial charge in [0.2, 0.25) is 0 Å². The smallest absolute Gasteiger partial charge is 0.340 e. The van der Waals surface area contributed by atoms with Crippen LogP contribution < -0.4 is 10.2 Å². The van der Waals surface area contributed by atoms with Crippen molar-refractivity contribution in [3.05, 3.63) is 46.0 Å². The quantitative estimate of drug-likeness (QED) is 0.802. The molecule has 1 N–H and O–H groups in total. The lowest BCUT2D eigenvalue weighted by molar-refractivity contribution is -0.127. The summed E-state index contributed by atoms with van der Waals surface area (Å²) in [6.07, 6.45) is -2.13. The molecular formula is C21H23F3N4OS. The molecule has 3 aliphatic heterocycles. The maximum absolute atomic E-state index is 12.9. The van der Waals surface area contributed by atoms with Gasteiger partial charge in [0, 0.05) is 48.6 Å². The molecule has 1 aromatic carbocycles. The van der Waals surface area contributed by atoms with Gasteiger partial charge in [-0.2, -0.15) is 13.2 Å². The normalized spacial score (nSPS) is 23.6. The summed E-state index contributed by atoms with van der Waals surface area (Å²) in [7, 11) is 0. The number of fused-ring (bicyclic) bond motifs is 3. The second kappa shape index (κ2) is 7.53. The summed E-state index contributed by atoms with van der Waals surface area (Å²) < 4.78 is 37.6. The monoisotopic (exact) mass is 436 g/mol. The van der Waals surface area contributed by atoms with E-state index in [1.54, 1.807) is 16.2 Å². The largest absolute Gasteiger partial charge is 0.393 e. The second-order valence-electron chi connectivity index (χ2n) is 8.28. The molecule has 160 valence electrons. The Morgan fingerprint density at radius 2 is 1.87 bits per heavy atom. The molecule has 4 heterocycles. The molecule has 5 nitrogen and oxygen atoms in total. The van der Waals surface area contributed by atoms with Crippen LogP contribution in [0.25, 0.3) is 0 Å². The minimum absolute atomic E-state index is 0.142. The van der Waals surface area contributed by atoms with Gasteiger partial charge < -0.3 is 15.1 Å². The third-order valence-corrected chi connectivity index (χ3v) is 7.31. The fourth-order valence-corrected chi connectivity index (χ4v) is 6.00. The van der Waals surface area contributed by atoms with Gasteiger partial charge >= 0.3 is 6.18 Å². The number of amides is 1. The summed E-state index contributed by atoms with van der Waals surface area (Å²) in [4.78, 5) is 23.2. The fraction of sp³-hybridized carbons (Fsp3) is 0.524. The van der Waals surface area contributed by atoms with Gasteiger partial charge in [0.25, 0.3) is 5.91 Å². The van der Waals surface area contributed by atoms with Crippen molar-refractivity contribution in [1.82, 2.24) is 15.2 Å². The Hall–Kier alpha value is -2.13. The molecule has 5 rings (SSSR count). The third-order valence-electron chi connectivity index (χ3n) is 6.21. The van der Waals surface area contributed by atoms with Gasteiger partial charge in [-0.3, -0.25) is 4.79 Å². The molecule has 2 saturated heterocycles. The van der Waals surface area contributed by atoms with Gasteiger partial charge in [-0.15, -0.1) is 0 Å². The van der Waals surface area contributed by atoms with Crippen LogP contribution in [-0.2, 0) is 19.4 Å². The van der Waals surface area contributed by atoms with E-state index in [0.29, 0.717) is 37.2 Å². The maximum atomic E-state index is 12.9. The zero-order valence-corrected chi connectivity index (χ0v) is 17.2. The van der Waals surface area contributed by atoms with Gasteiger partial charge in [-0.1, -0.05) is 23.5 Å². The lowest BCUT2D eigenvalue weighted by atomic mass is 10.1. The van der Waals surface area contributed by atoms with E-state index in [-0.39, 0.29) is 11.5 Å². The minimum Gasteiger partial charge on any atom is -0.340 e. The molecule has 3 aliphatic rings. The van der Waals surface area contributed by atoms with Gasteiger partial charge in [-0.25, -0.2) is 4.98 Å². The zero-order chi connectivity index (χ0) is 20.9. The number of benzene rings is 1. The Kier molecular flexibility index (Phi) is 4.97. The van der Waals surface area contributed by atoms with Gasteiger partial charge in [0.05, 0.1) is 18.7 Å². The molecule has 1 aromatic heterocycles. The summed E-state index contributed by atoms with van der Waals surface area (Å²) in [6.45, 7) is 3.08. The topological polar surface area (TPSA) is 48.5 Å². The Morgan fingerprint density at radius 3 is 2.53 bits per heavy atom. The number of hydrogen-bond acceptors (Lipinski definition) is 5. The van der Waals surface area contributed by atoms with E-state index in [0.717, 1.165) is 28.8 Å². The highest BCUT2D eigenvalue weighted by Crippen LogP contribution is 2.38. The number of carbonyl (C=O) groups excluding carboxylic acids is 1. The number of carbonyl (C=O) groups is 1. The number of alkyl halides is 3. The number of rotatable bonds is 3. The molecule has 1 amide bonds. The molecule has 2 bridgehead atoms. The van der Waals surface area contributed by atoms with E-state index in [4.69, 9.17) is 4.98 Å². The number of aromatic nitrogens is 1. The molecule has 0 radical (unpaired) electrons. The predicted octanol–water partition coefficient (Wildman–Crippen LogP) is 3.39. The van der Waals surface area contributed by atoms with Crippen molar-refractivity contribution in [2.75, 3.05) is 24.5 Å². The molecule has 2 unspecified atom stereocenters. The molecule has 2 fully saturated rings. The van der Waals surface area contributed by atoms with E-state index in [1.165, 1.54) is 37.1 Å². The van der Waals surface area contributed by atoms with Crippen molar-refractivity contribution < 1.29 is 18.0 Å². The summed E-state index contributed by atoms with van der Waals surface area (Å²) in [5, 5.41) is 4.55. The SMILES string of the molecule is O=C(c1ccc(CC(F)(F)F)cc1)N1CCc2nc(N3C4CCC3CNC4)sc2C1. The van der Waals surface area contributed by atoms with Crippen molar-refractivity contribution in [3.63, 3.8) is 0 Å². The number of nitrogens with zero attached hydrogens (tertiary/aromatic N) is 3. The Balaban J connectivity index is 1.29. The van der Waals surface area contributed by atoms with Crippen LogP contribution in [0.15, 0.2) is 24.3 Å². The van der Waals surface area contributed by atoms with E-state index in [9.17, 15) is 18.0 Å². The van der Waals surface area contributed by atoms with E-state index in [1.807, 2.05) is 0 Å². The first-order chi connectivity index (χ1) is 14.4. The lowest BCUT2D eigenvalue weighted by Crippen LogP contribution is -2.51. The highest BCUT2D eigenvalue weighted by molar-refractivity contribution is 7.15. The first-order valence-corrected chi connectivity index (χ1v) is 11.1. The van der Waals surface area contributed by atoms with Crippen molar-refractivity contribution in [3.8, 4) is 0 Å². The van der Waals surface area contributed by atoms with E-state index >= 15 is 0 Å². The van der Waals surface area contributed by atoms with Crippen molar-refractivity contribution in [2.24, 2.45) is 0 Å². The van der Waals surface area contributed by atoms with Crippen LogP contribution in [0.1, 0.15) is 39.3 Å². The molecular weight excluding hydrogens is 413 g/mol. The van der Waals surface area contributed by atoms with Gasteiger partial charge in [0.15, 0.2) is 5.13 Å². The van der Waals surface area contributed by atoms with Crippen LogP contribution in [0.5, 0.6) is 0 Å². The number of nitrogens with one attached hydrogen (secondary N) is 1. The number of anilines is 1. The second-order valence-corrected chi connectivity index (χ2v) is 9.34. The molecule has 2 atom stereocenters. The molecule has 9 heteroatoms. The third kappa shape index (κ3) is 3.80. The number of halogens is 3. The number of hydrogen-bond donors (Lipinski definition) is 1. The zero-order valence-electron chi connectivity index (χ0n) is 16.4. The van der Waals surface area contributed by atoms with E-state index in [2.05, 4.69) is 10.2 Å². The van der Waals surface area contributed by atoms with Crippen molar-refractivity contribution in [2.45, 2.75) is 50.5 Å². The van der Waals surface area contributed by atoms with E-state index < -0.39 is 12.6 Å². The molecule has 2 aromatic rings. The molecule has 0 aliphatic carbocycles. The summed E-state index contributed by atoms with van der Waals surface area (Å²) in [5.41, 5.74) is 1.67. The average Bonchev–Trinajstić information content (AvgIpc) is 3.23. The van der Waals surface area contributed by atoms with Gasteiger partial charge in [-0.05, 0) is 30.5 Å². The number of thiazole rings is 1. The molecule has 30 heavy (non-hydrogen) atoms. The Morgan fingerprint density at radius 1 is 1.17 bits per heavy atom. The predicted molar refractivity (Wildman–Crippen MR) is 109 cm³/mol. The molecule has 0 saturated carbocycles. The summed E-state index contributed by atoms with van der Waals surface area (Å²) in [6, 6.07) is 6.78. The van der Waals surface area contributed by atoms with Crippen LogP contribution in [0, 0.1) is 0 Å². The molecule has 0 spiro atoms. The van der Waals surface area contributed by atoms with Crippen LogP contribution in [-0.4, -0.2) is 53.7 Å². The van der Waals surface area contributed by atoms with Crippen LogP contribution in [0.4, 0.5) is 18.3 Å². The Labute approximate surface area is 176 Å². The Bertz CT molecular complexity index is 927. The highest BCUT2D eigenvalue weighted by atomic mass is 32.1. The standard InChI is InChI=1S/C21H23F3N4OS/c22-21(23,24)9-13-1-3-14(4-2-13)19(29)27-8-7-17-18(12-27)30-20(26-17)28-15-5-6-16(28)11-25-10-15/h1-4,15-16,25H,5-12H2. The van der Waals surface area contributed by atoms with Crippen LogP contribution in [0.3, 0.4) is 0 Å².